The van der Waals surface area contributed by atoms with E-state index in [-0.39, 0.29) is 0 Å². The fraction of sp³-hybridized carbons (Fsp3) is 0.594. The molecule has 0 unspecified atom stereocenters. The van der Waals surface area contributed by atoms with E-state index in [9.17, 15) is 0 Å². The number of hydrogen-bond acceptors (Lipinski definition) is 2. The molecule has 3 heteroatoms. The fourth-order valence-electron chi connectivity index (χ4n) is 4.82. The minimum atomic E-state index is 0.835. The maximum Gasteiger partial charge on any atom is 0.226 e. The molecule has 0 saturated carbocycles. The van der Waals surface area contributed by atoms with Gasteiger partial charge in [0.25, 0.3) is 0 Å². The number of fused-ring (bicyclic) bond motifs is 1. The van der Waals surface area contributed by atoms with Crippen molar-refractivity contribution in [1.82, 2.24) is 0 Å². The molecule has 0 radical (unpaired) electrons. The Morgan fingerprint density at radius 1 is 0.629 bits per heavy atom. The standard InChI is InChI=1S/C32H48NOS/c1-2-3-4-5-6-7-8-9-10-11-12-13-14-15-16-19-26-34-30-24-22-29(23-25-30)27-33-28-35-32-21-18-17-20-31(32)33/h17-18,20-25,28H,2-16,19,26-27H2,1H3/q+1. The van der Waals surface area contributed by atoms with Gasteiger partial charge in [0.1, 0.15) is 10.4 Å². The van der Waals surface area contributed by atoms with Gasteiger partial charge in [-0.3, -0.25) is 0 Å². The van der Waals surface area contributed by atoms with E-state index < -0.39 is 0 Å². The minimum absolute atomic E-state index is 0.835. The Bertz CT molecular complexity index is 917. The number of thiazole rings is 1. The lowest BCUT2D eigenvalue weighted by atomic mass is 10.0. The van der Waals surface area contributed by atoms with Crippen molar-refractivity contribution in [2.75, 3.05) is 6.61 Å². The van der Waals surface area contributed by atoms with E-state index in [4.69, 9.17) is 4.74 Å². The van der Waals surface area contributed by atoms with Crippen LogP contribution in [0.5, 0.6) is 5.75 Å². The van der Waals surface area contributed by atoms with E-state index in [1.807, 2.05) is 0 Å². The molecule has 3 rings (SSSR count). The van der Waals surface area contributed by atoms with Crippen LogP contribution in [0.1, 0.15) is 115 Å². The van der Waals surface area contributed by atoms with Crippen molar-refractivity contribution in [2.45, 2.75) is 116 Å². The molecule has 0 N–H and O–H groups in total. The second-order valence-electron chi connectivity index (χ2n) is 10.1. The monoisotopic (exact) mass is 494 g/mol. The first kappa shape index (κ1) is 27.7. The number of hydrogen-bond donors (Lipinski definition) is 0. The molecule has 0 bridgehead atoms. The second-order valence-corrected chi connectivity index (χ2v) is 11.0. The van der Waals surface area contributed by atoms with Gasteiger partial charge >= 0.3 is 0 Å². The molecule has 2 nitrogen and oxygen atoms in total. The van der Waals surface area contributed by atoms with E-state index in [1.165, 1.54) is 112 Å². The lowest BCUT2D eigenvalue weighted by molar-refractivity contribution is -0.658. The van der Waals surface area contributed by atoms with Crippen molar-refractivity contribution in [3.8, 4) is 5.75 Å². The third-order valence-corrected chi connectivity index (χ3v) is 7.98. The molecule has 0 amide bonds. The van der Waals surface area contributed by atoms with Crippen molar-refractivity contribution >= 4 is 21.6 Å². The van der Waals surface area contributed by atoms with Gasteiger partial charge in [0.05, 0.1) is 6.61 Å². The summed E-state index contributed by atoms with van der Waals surface area (Å²) >= 11 is 1.80. The van der Waals surface area contributed by atoms with Crippen LogP contribution in [0, 0.1) is 0 Å². The molecule has 0 aliphatic heterocycles. The number of nitrogens with zero attached hydrogens (tertiary/aromatic N) is 1. The Labute approximate surface area is 218 Å². The van der Waals surface area contributed by atoms with Crippen LogP contribution in [0.15, 0.2) is 54.0 Å². The summed E-state index contributed by atoms with van der Waals surface area (Å²) in [7, 11) is 0. The summed E-state index contributed by atoms with van der Waals surface area (Å²) in [5.41, 5.74) is 4.83. The summed E-state index contributed by atoms with van der Waals surface area (Å²) in [6.07, 6.45) is 22.4. The zero-order valence-electron chi connectivity index (χ0n) is 22.2. The van der Waals surface area contributed by atoms with Crippen LogP contribution in [-0.4, -0.2) is 6.61 Å². The SMILES string of the molecule is CCCCCCCCCCCCCCCCCCOc1ccc(C[n+]2csc3ccccc32)cc1. The van der Waals surface area contributed by atoms with Gasteiger partial charge < -0.3 is 4.74 Å². The molecule has 0 fully saturated rings. The number of rotatable bonds is 20. The van der Waals surface area contributed by atoms with Gasteiger partial charge in [-0.1, -0.05) is 127 Å². The maximum absolute atomic E-state index is 5.98. The normalized spacial score (nSPS) is 11.3. The highest BCUT2D eigenvalue weighted by atomic mass is 32.1. The van der Waals surface area contributed by atoms with Crippen molar-refractivity contribution < 1.29 is 9.30 Å². The number of para-hydroxylation sites is 1. The van der Waals surface area contributed by atoms with Gasteiger partial charge in [0.15, 0.2) is 6.54 Å². The van der Waals surface area contributed by atoms with Crippen LogP contribution in [0.3, 0.4) is 0 Å². The van der Waals surface area contributed by atoms with Crippen LogP contribution < -0.4 is 9.30 Å². The lowest BCUT2D eigenvalue weighted by Gasteiger charge is -2.07. The van der Waals surface area contributed by atoms with Crippen LogP contribution in [0.2, 0.25) is 0 Å². The Morgan fingerprint density at radius 2 is 1.17 bits per heavy atom. The summed E-state index contributed by atoms with van der Waals surface area (Å²) in [6, 6.07) is 17.2. The largest absolute Gasteiger partial charge is 0.494 e. The predicted molar refractivity (Wildman–Crippen MR) is 153 cm³/mol. The third-order valence-electron chi connectivity index (χ3n) is 7.02. The number of benzene rings is 2. The van der Waals surface area contributed by atoms with E-state index in [0.717, 1.165) is 25.3 Å². The minimum Gasteiger partial charge on any atom is -0.494 e. The summed E-state index contributed by atoms with van der Waals surface area (Å²) in [4.78, 5) is 0. The molecule has 1 aromatic heterocycles. The average molecular weight is 495 g/mol. The van der Waals surface area contributed by atoms with Crippen molar-refractivity contribution in [1.29, 1.82) is 0 Å². The number of unbranched alkanes of at least 4 members (excludes halogenated alkanes) is 15. The zero-order chi connectivity index (χ0) is 24.4. The highest BCUT2D eigenvalue weighted by molar-refractivity contribution is 7.16. The third kappa shape index (κ3) is 11.2. The maximum atomic E-state index is 5.98. The van der Waals surface area contributed by atoms with E-state index in [0.29, 0.717) is 0 Å². The summed E-state index contributed by atoms with van der Waals surface area (Å²) in [5, 5.41) is 0. The molecular formula is C32H48NOS+. The first-order valence-corrected chi connectivity index (χ1v) is 15.3. The first-order chi connectivity index (χ1) is 17.4. The molecule has 35 heavy (non-hydrogen) atoms. The quantitative estimate of drug-likeness (QED) is 0.112. The Kier molecular flexibility index (Phi) is 13.9. The Morgan fingerprint density at radius 3 is 1.77 bits per heavy atom. The van der Waals surface area contributed by atoms with Crippen LogP contribution in [-0.2, 0) is 6.54 Å². The topological polar surface area (TPSA) is 13.1 Å². The molecular weight excluding hydrogens is 446 g/mol. The van der Waals surface area contributed by atoms with Crippen LogP contribution in [0.25, 0.3) is 10.2 Å². The van der Waals surface area contributed by atoms with Crippen LogP contribution >= 0.6 is 11.3 Å². The highest BCUT2D eigenvalue weighted by Crippen LogP contribution is 2.18. The van der Waals surface area contributed by atoms with Gasteiger partial charge in [0.2, 0.25) is 11.0 Å². The highest BCUT2D eigenvalue weighted by Gasteiger charge is 2.11. The van der Waals surface area contributed by atoms with Gasteiger partial charge in [-0.05, 0) is 36.8 Å². The molecule has 192 valence electrons. The fourth-order valence-corrected chi connectivity index (χ4v) is 5.71. The van der Waals surface area contributed by atoms with Gasteiger partial charge in [0, 0.05) is 11.6 Å². The lowest BCUT2D eigenvalue weighted by Crippen LogP contribution is -2.31. The molecule has 0 spiro atoms. The molecule has 0 saturated heterocycles. The first-order valence-electron chi connectivity index (χ1n) is 14.4. The average Bonchev–Trinajstić information content (AvgIpc) is 3.29. The Hall–Kier alpha value is -1.87. The van der Waals surface area contributed by atoms with Crippen molar-refractivity contribution in [2.24, 2.45) is 0 Å². The van der Waals surface area contributed by atoms with Gasteiger partial charge in [-0.25, -0.2) is 0 Å². The van der Waals surface area contributed by atoms with E-state index >= 15 is 0 Å². The Balaban J connectivity index is 1.13. The zero-order valence-corrected chi connectivity index (χ0v) is 23.0. The summed E-state index contributed by atoms with van der Waals surface area (Å²) in [6.45, 7) is 4.04. The summed E-state index contributed by atoms with van der Waals surface area (Å²) < 4.78 is 9.65. The molecule has 1 heterocycles. The van der Waals surface area contributed by atoms with E-state index in [1.54, 1.807) is 11.3 Å². The van der Waals surface area contributed by atoms with Crippen molar-refractivity contribution in [3.05, 3.63) is 59.6 Å². The number of ether oxygens (including phenoxy) is 1. The molecule has 3 aromatic rings. The van der Waals surface area contributed by atoms with Gasteiger partial charge in [-0.2, -0.15) is 4.57 Å². The summed E-state index contributed by atoms with van der Waals surface area (Å²) in [5.74, 6) is 0.995. The predicted octanol–water partition coefficient (Wildman–Crippen LogP) is 9.88. The molecule has 2 aromatic carbocycles. The van der Waals surface area contributed by atoms with E-state index in [2.05, 4.69) is 65.5 Å². The molecule has 0 aliphatic rings. The smallest absolute Gasteiger partial charge is 0.226 e. The van der Waals surface area contributed by atoms with Gasteiger partial charge in [-0.15, -0.1) is 0 Å². The number of aromatic nitrogens is 1. The van der Waals surface area contributed by atoms with Crippen LogP contribution in [0.4, 0.5) is 0 Å². The second kappa shape index (κ2) is 17.5. The molecule has 0 aliphatic carbocycles. The van der Waals surface area contributed by atoms with Crippen molar-refractivity contribution in [3.63, 3.8) is 0 Å². The molecule has 0 atom stereocenters.